The Bertz CT molecular complexity index is 600. The number of unbranched alkanes of at least 4 members (excludes halogenated alkanes) is 19. The maximum Gasteiger partial charge on any atom is 0.309 e. The summed E-state index contributed by atoms with van der Waals surface area (Å²) in [7, 11) is 0. The fourth-order valence-corrected chi connectivity index (χ4v) is 6.22. The molecule has 2 unspecified atom stereocenters. The van der Waals surface area contributed by atoms with Crippen molar-refractivity contribution in [2.24, 2.45) is 23.7 Å². The van der Waals surface area contributed by atoms with Crippen molar-refractivity contribution in [3.8, 4) is 0 Å². The first-order chi connectivity index (χ1) is 20.3. The van der Waals surface area contributed by atoms with Crippen molar-refractivity contribution in [1.29, 1.82) is 0 Å². The topological polar surface area (TPSA) is 52.6 Å². The third kappa shape index (κ3) is 24.4. The molecule has 0 bridgehead atoms. The van der Waals surface area contributed by atoms with Gasteiger partial charge in [-0.15, -0.1) is 0 Å². The molecular formula is C38H74O4. The van der Waals surface area contributed by atoms with Crippen molar-refractivity contribution in [3.05, 3.63) is 0 Å². The van der Waals surface area contributed by atoms with Crippen LogP contribution in [-0.4, -0.2) is 25.2 Å². The molecule has 0 saturated carbocycles. The molecule has 0 fully saturated rings. The Morgan fingerprint density at radius 1 is 0.476 bits per heavy atom. The molecule has 0 aliphatic heterocycles. The molecule has 2 atom stereocenters. The van der Waals surface area contributed by atoms with Crippen LogP contribution in [0.3, 0.4) is 0 Å². The predicted octanol–water partition coefficient (Wildman–Crippen LogP) is 12.0. The molecule has 0 saturated heterocycles. The fourth-order valence-electron chi connectivity index (χ4n) is 6.22. The second-order valence-electron chi connectivity index (χ2n) is 13.7. The minimum absolute atomic E-state index is 0.00374. The maximum atomic E-state index is 13.0. The smallest absolute Gasteiger partial charge is 0.309 e. The highest BCUT2D eigenvalue weighted by Crippen LogP contribution is 2.33. The molecule has 0 aromatic carbocycles. The van der Waals surface area contributed by atoms with Gasteiger partial charge in [-0.05, 0) is 43.4 Å². The Balaban J connectivity index is 3.81. The molecule has 0 aromatic rings. The van der Waals surface area contributed by atoms with Gasteiger partial charge in [-0.2, -0.15) is 0 Å². The fraction of sp³-hybridized carbons (Fsp3) is 0.947. The van der Waals surface area contributed by atoms with Crippen LogP contribution >= 0.6 is 0 Å². The Morgan fingerprint density at radius 2 is 0.881 bits per heavy atom. The van der Waals surface area contributed by atoms with Crippen LogP contribution in [0.25, 0.3) is 0 Å². The van der Waals surface area contributed by atoms with Crippen molar-refractivity contribution >= 4 is 11.9 Å². The summed E-state index contributed by atoms with van der Waals surface area (Å²) in [6, 6.07) is 0. The lowest BCUT2D eigenvalue weighted by Gasteiger charge is -2.31. The molecule has 0 aromatic heterocycles. The average Bonchev–Trinajstić information content (AvgIpc) is 2.95. The first-order valence-corrected chi connectivity index (χ1v) is 18.7. The summed E-state index contributed by atoms with van der Waals surface area (Å²) < 4.78 is 11.1. The lowest BCUT2D eigenvalue weighted by molar-refractivity contribution is -0.153. The number of carbonyl (C=O) groups excluding carboxylic acids is 2. The van der Waals surface area contributed by atoms with Gasteiger partial charge in [0.1, 0.15) is 0 Å². The van der Waals surface area contributed by atoms with Gasteiger partial charge in [0, 0.05) is 6.42 Å². The molecule has 0 rings (SSSR count). The molecule has 0 aliphatic rings. The van der Waals surface area contributed by atoms with Gasteiger partial charge in [0.2, 0.25) is 0 Å². The Morgan fingerprint density at radius 3 is 1.33 bits per heavy atom. The third-order valence-electron chi connectivity index (χ3n) is 8.98. The predicted molar refractivity (Wildman–Crippen MR) is 181 cm³/mol. The van der Waals surface area contributed by atoms with Crippen molar-refractivity contribution in [2.45, 2.75) is 196 Å². The van der Waals surface area contributed by atoms with Gasteiger partial charge in [-0.25, -0.2) is 0 Å². The highest BCUT2D eigenvalue weighted by Gasteiger charge is 2.33. The number of carbonyl (C=O) groups is 2. The SMILES string of the molecule is CCCCCCCOC(=O)CCCCCCCCCCCCCCC(C(C)C)C(C(=O)OCCCCCCC)C(C)C. The molecule has 0 heterocycles. The van der Waals surface area contributed by atoms with E-state index >= 15 is 0 Å². The molecule has 4 heteroatoms. The number of hydrogen-bond donors (Lipinski definition) is 0. The summed E-state index contributed by atoms with van der Waals surface area (Å²) in [4.78, 5) is 24.8. The molecule has 0 N–H and O–H groups in total. The summed E-state index contributed by atoms with van der Waals surface area (Å²) in [5.74, 6) is 1.33. The van der Waals surface area contributed by atoms with E-state index in [9.17, 15) is 9.59 Å². The summed E-state index contributed by atoms with van der Waals surface area (Å²) >= 11 is 0. The Kier molecular flexibility index (Phi) is 29.2. The van der Waals surface area contributed by atoms with Gasteiger partial charge in [-0.3, -0.25) is 9.59 Å². The second-order valence-corrected chi connectivity index (χ2v) is 13.7. The van der Waals surface area contributed by atoms with E-state index < -0.39 is 0 Å². The summed E-state index contributed by atoms with van der Waals surface area (Å²) in [6.07, 6.45) is 28.8. The van der Waals surface area contributed by atoms with Crippen LogP contribution in [0, 0.1) is 23.7 Å². The highest BCUT2D eigenvalue weighted by molar-refractivity contribution is 5.73. The quantitative estimate of drug-likeness (QED) is 0.0591. The van der Waals surface area contributed by atoms with Crippen molar-refractivity contribution < 1.29 is 19.1 Å². The van der Waals surface area contributed by atoms with Crippen LogP contribution in [0.1, 0.15) is 196 Å². The number of ether oxygens (including phenoxy) is 2. The van der Waals surface area contributed by atoms with Crippen LogP contribution in [0.2, 0.25) is 0 Å². The summed E-state index contributed by atoms with van der Waals surface area (Å²) in [6.45, 7) is 14.6. The molecular weight excluding hydrogens is 520 g/mol. The second kappa shape index (κ2) is 30.0. The van der Waals surface area contributed by atoms with Crippen molar-refractivity contribution in [2.75, 3.05) is 13.2 Å². The van der Waals surface area contributed by atoms with E-state index in [1.165, 1.54) is 116 Å². The first-order valence-electron chi connectivity index (χ1n) is 18.7. The molecule has 0 aliphatic carbocycles. The molecule has 250 valence electrons. The zero-order valence-corrected chi connectivity index (χ0v) is 29.3. The van der Waals surface area contributed by atoms with Crippen LogP contribution in [0.15, 0.2) is 0 Å². The van der Waals surface area contributed by atoms with E-state index in [0.29, 0.717) is 37.4 Å². The van der Waals surface area contributed by atoms with Gasteiger partial charge in [0.05, 0.1) is 19.1 Å². The van der Waals surface area contributed by atoms with Crippen LogP contribution in [0.4, 0.5) is 0 Å². The molecule has 42 heavy (non-hydrogen) atoms. The first kappa shape index (κ1) is 40.9. The number of esters is 2. The van der Waals surface area contributed by atoms with E-state index in [1.54, 1.807) is 0 Å². The van der Waals surface area contributed by atoms with Gasteiger partial charge < -0.3 is 9.47 Å². The standard InChI is InChI=1S/C38H74O4/c1-7-9-11-23-27-31-41-36(39)30-26-22-20-18-16-14-13-15-17-19-21-25-29-35(33(3)4)37(34(5)6)38(40)42-32-28-24-12-10-8-2/h33-35,37H,7-32H2,1-6H3. The molecule has 0 amide bonds. The van der Waals surface area contributed by atoms with Gasteiger partial charge >= 0.3 is 11.9 Å². The number of hydrogen-bond acceptors (Lipinski definition) is 4. The van der Waals surface area contributed by atoms with E-state index in [2.05, 4.69) is 41.5 Å². The summed E-state index contributed by atoms with van der Waals surface area (Å²) in [5, 5.41) is 0. The highest BCUT2D eigenvalue weighted by atomic mass is 16.5. The van der Waals surface area contributed by atoms with Crippen LogP contribution in [0.5, 0.6) is 0 Å². The van der Waals surface area contributed by atoms with Crippen molar-refractivity contribution in [3.63, 3.8) is 0 Å². The van der Waals surface area contributed by atoms with Gasteiger partial charge in [0.15, 0.2) is 0 Å². The van der Waals surface area contributed by atoms with Crippen LogP contribution in [-0.2, 0) is 19.1 Å². The zero-order chi connectivity index (χ0) is 31.3. The maximum absolute atomic E-state index is 13.0. The van der Waals surface area contributed by atoms with E-state index in [0.717, 1.165) is 32.1 Å². The molecule has 0 radical (unpaired) electrons. The van der Waals surface area contributed by atoms with E-state index in [1.807, 2.05) is 0 Å². The monoisotopic (exact) mass is 595 g/mol. The molecule has 0 spiro atoms. The zero-order valence-electron chi connectivity index (χ0n) is 29.3. The average molecular weight is 595 g/mol. The normalized spacial score (nSPS) is 13.0. The Hall–Kier alpha value is -1.06. The minimum atomic E-state index is -0.00374. The lowest BCUT2D eigenvalue weighted by Crippen LogP contribution is -2.33. The summed E-state index contributed by atoms with van der Waals surface area (Å²) in [5.41, 5.74) is 0. The minimum Gasteiger partial charge on any atom is -0.466 e. The van der Waals surface area contributed by atoms with E-state index in [4.69, 9.17) is 9.47 Å². The van der Waals surface area contributed by atoms with Gasteiger partial charge in [-0.1, -0.05) is 164 Å². The lowest BCUT2D eigenvalue weighted by atomic mass is 9.74. The van der Waals surface area contributed by atoms with Crippen LogP contribution < -0.4 is 0 Å². The Labute approximate surface area is 263 Å². The van der Waals surface area contributed by atoms with Gasteiger partial charge in [0.25, 0.3) is 0 Å². The third-order valence-corrected chi connectivity index (χ3v) is 8.98. The number of rotatable bonds is 31. The van der Waals surface area contributed by atoms with Crippen molar-refractivity contribution in [1.82, 2.24) is 0 Å². The van der Waals surface area contributed by atoms with E-state index in [-0.39, 0.29) is 17.9 Å². The molecule has 4 nitrogen and oxygen atoms in total. The largest absolute Gasteiger partial charge is 0.466 e.